The average Bonchev–Trinajstić information content (AvgIpc) is 2.11. The number of fused-ring (bicyclic) bond motifs is 1. The van der Waals surface area contributed by atoms with E-state index in [0.29, 0.717) is 0 Å². The average molecular weight is 206 g/mol. The van der Waals surface area contributed by atoms with Crippen molar-refractivity contribution in [1.29, 1.82) is 0 Å². The molecule has 15 heavy (non-hydrogen) atoms. The summed E-state index contributed by atoms with van der Waals surface area (Å²) in [5, 5.41) is 10.2. The molecule has 2 atom stereocenters. The number of aliphatic hydroxyl groups excluding tert-OH is 1. The van der Waals surface area contributed by atoms with Crippen LogP contribution in [-0.4, -0.2) is 11.2 Å². The summed E-state index contributed by atoms with van der Waals surface area (Å²) < 4.78 is 0. The highest BCUT2D eigenvalue weighted by atomic mass is 16.3. The Bertz CT molecular complexity index is 335. The minimum absolute atomic E-state index is 0.107. The van der Waals surface area contributed by atoms with E-state index >= 15 is 0 Å². The summed E-state index contributed by atoms with van der Waals surface area (Å²) in [4.78, 5) is 0. The molecule has 84 valence electrons. The molecule has 1 N–H and O–H groups in total. The summed E-state index contributed by atoms with van der Waals surface area (Å²) in [6.07, 6.45) is 7.51. The van der Waals surface area contributed by atoms with Gasteiger partial charge in [-0.1, -0.05) is 37.1 Å². The van der Waals surface area contributed by atoms with E-state index in [-0.39, 0.29) is 16.9 Å². The maximum Gasteiger partial charge on any atom is 0.0666 e. The Morgan fingerprint density at radius 2 is 2.00 bits per heavy atom. The number of allylic oxidation sites excluding steroid dienone is 2. The molecule has 0 radical (unpaired) electrons. The van der Waals surface area contributed by atoms with Crippen LogP contribution in [0.15, 0.2) is 23.3 Å². The van der Waals surface area contributed by atoms with Gasteiger partial charge in [0.2, 0.25) is 0 Å². The van der Waals surface area contributed by atoms with Gasteiger partial charge in [-0.3, -0.25) is 0 Å². The monoisotopic (exact) mass is 206 g/mol. The molecule has 1 nitrogen and oxygen atoms in total. The van der Waals surface area contributed by atoms with E-state index < -0.39 is 0 Å². The smallest absolute Gasteiger partial charge is 0.0666 e. The van der Waals surface area contributed by atoms with Crippen LogP contribution in [0.2, 0.25) is 0 Å². The van der Waals surface area contributed by atoms with Crippen molar-refractivity contribution in [2.45, 2.75) is 53.1 Å². The Morgan fingerprint density at radius 1 is 1.33 bits per heavy atom. The van der Waals surface area contributed by atoms with Crippen LogP contribution in [0.5, 0.6) is 0 Å². The number of hydrogen-bond acceptors (Lipinski definition) is 1. The Labute approximate surface area is 92.9 Å². The van der Waals surface area contributed by atoms with Crippen LogP contribution < -0.4 is 0 Å². The van der Waals surface area contributed by atoms with Gasteiger partial charge in [0.15, 0.2) is 0 Å². The molecule has 1 saturated carbocycles. The normalized spacial score (nSPS) is 39.1. The molecule has 0 heterocycles. The van der Waals surface area contributed by atoms with Crippen molar-refractivity contribution in [3.63, 3.8) is 0 Å². The first-order valence-corrected chi connectivity index (χ1v) is 5.94. The van der Waals surface area contributed by atoms with Gasteiger partial charge in [-0.05, 0) is 38.5 Å². The number of rotatable bonds is 0. The number of aliphatic hydroxyl groups is 1. The van der Waals surface area contributed by atoms with E-state index in [2.05, 4.69) is 39.8 Å². The van der Waals surface area contributed by atoms with E-state index in [1.54, 1.807) is 0 Å². The lowest BCUT2D eigenvalue weighted by molar-refractivity contribution is 0.0325. The zero-order valence-electron chi connectivity index (χ0n) is 10.3. The van der Waals surface area contributed by atoms with Crippen molar-refractivity contribution in [2.75, 3.05) is 0 Å². The first-order chi connectivity index (χ1) is 6.86. The van der Waals surface area contributed by atoms with Gasteiger partial charge in [-0.25, -0.2) is 0 Å². The standard InChI is InChI=1S/C14H22O/c1-10-5-6-11-13(2,3)8-7-12(15)14(11,4)9-10/h6,9,12,15H,5,7-8H2,1-4H3/t12-,14+/m1/s1. The van der Waals surface area contributed by atoms with Crippen molar-refractivity contribution < 1.29 is 5.11 Å². The van der Waals surface area contributed by atoms with Gasteiger partial charge >= 0.3 is 0 Å². The molecule has 0 aromatic rings. The highest BCUT2D eigenvalue weighted by Crippen LogP contribution is 2.53. The van der Waals surface area contributed by atoms with Crippen molar-refractivity contribution >= 4 is 0 Å². The molecule has 2 aliphatic rings. The zero-order valence-corrected chi connectivity index (χ0v) is 10.3. The fourth-order valence-electron chi connectivity index (χ4n) is 3.34. The van der Waals surface area contributed by atoms with Crippen LogP contribution in [0.1, 0.15) is 47.0 Å². The van der Waals surface area contributed by atoms with E-state index in [4.69, 9.17) is 0 Å². The molecule has 0 spiro atoms. The van der Waals surface area contributed by atoms with Gasteiger partial charge < -0.3 is 5.11 Å². The molecule has 0 aromatic carbocycles. The van der Waals surface area contributed by atoms with Gasteiger partial charge in [0, 0.05) is 5.41 Å². The lowest BCUT2D eigenvalue weighted by Crippen LogP contribution is -2.44. The van der Waals surface area contributed by atoms with Crippen LogP contribution in [0, 0.1) is 10.8 Å². The maximum atomic E-state index is 10.2. The van der Waals surface area contributed by atoms with Gasteiger partial charge in [-0.2, -0.15) is 0 Å². The van der Waals surface area contributed by atoms with Crippen molar-refractivity contribution in [2.24, 2.45) is 10.8 Å². The van der Waals surface area contributed by atoms with Crippen LogP contribution >= 0.6 is 0 Å². The molecule has 0 aliphatic heterocycles. The third kappa shape index (κ3) is 1.57. The lowest BCUT2D eigenvalue weighted by atomic mass is 9.57. The molecule has 0 saturated heterocycles. The molecular weight excluding hydrogens is 184 g/mol. The summed E-state index contributed by atoms with van der Waals surface area (Å²) in [6, 6.07) is 0. The van der Waals surface area contributed by atoms with Crippen LogP contribution in [-0.2, 0) is 0 Å². The minimum atomic E-state index is -0.202. The molecule has 0 unspecified atom stereocenters. The quantitative estimate of drug-likeness (QED) is 0.602. The Morgan fingerprint density at radius 3 is 2.67 bits per heavy atom. The third-order valence-corrected chi connectivity index (χ3v) is 4.22. The second kappa shape index (κ2) is 3.21. The Balaban J connectivity index is 2.46. The second-order valence-electron chi connectivity index (χ2n) is 6.03. The molecule has 1 fully saturated rings. The predicted octanol–water partition coefficient (Wildman–Crippen LogP) is 3.45. The van der Waals surface area contributed by atoms with Gasteiger partial charge in [0.05, 0.1) is 6.10 Å². The molecule has 0 amide bonds. The molecule has 0 bridgehead atoms. The summed E-state index contributed by atoms with van der Waals surface area (Å²) in [7, 11) is 0. The fraction of sp³-hybridized carbons (Fsp3) is 0.714. The Hall–Kier alpha value is -0.560. The predicted molar refractivity (Wildman–Crippen MR) is 63.6 cm³/mol. The van der Waals surface area contributed by atoms with Crippen molar-refractivity contribution in [3.05, 3.63) is 23.3 Å². The van der Waals surface area contributed by atoms with E-state index in [0.717, 1.165) is 19.3 Å². The summed E-state index contributed by atoms with van der Waals surface area (Å²) in [5.74, 6) is 0. The van der Waals surface area contributed by atoms with Crippen molar-refractivity contribution in [1.82, 2.24) is 0 Å². The highest BCUT2D eigenvalue weighted by molar-refractivity contribution is 5.37. The van der Waals surface area contributed by atoms with Gasteiger partial charge in [0.1, 0.15) is 0 Å². The SMILES string of the molecule is CC1=C[C@@]2(C)C(=CC1)C(C)(C)CC[C@H]2O. The second-order valence-corrected chi connectivity index (χ2v) is 6.03. The van der Waals surface area contributed by atoms with Gasteiger partial charge in [0.25, 0.3) is 0 Å². The minimum Gasteiger partial charge on any atom is -0.392 e. The highest BCUT2D eigenvalue weighted by Gasteiger charge is 2.46. The van der Waals surface area contributed by atoms with E-state index in [1.165, 1.54) is 11.1 Å². The summed E-state index contributed by atoms with van der Waals surface area (Å²) in [5.41, 5.74) is 2.98. The van der Waals surface area contributed by atoms with Crippen LogP contribution in [0.3, 0.4) is 0 Å². The van der Waals surface area contributed by atoms with E-state index in [9.17, 15) is 5.11 Å². The Kier molecular flexibility index (Phi) is 2.34. The zero-order chi connectivity index (χ0) is 11.3. The lowest BCUT2D eigenvalue weighted by Gasteiger charge is -2.49. The maximum absolute atomic E-state index is 10.2. The van der Waals surface area contributed by atoms with Gasteiger partial charge in [-0.15, -0.1) is 0 Å². The fourth-order valence-corrected chi connectivity index (χ4v) is 3.34. The molecule has 2 rings (SSSR count). The van der Waals surface area contributed by atoms with Crippen molar-refractivity contribution in [3.8, 4) is 0 Å². The summed E-state index contributed by atoms with van der Waals surface area (Å²) >= 11 is 0. The number of hydrogen-bond donors (Lipinski definition) is 1. The van der Waals surface area contributed by atoms with E-state index in [1.807, 2.05) is 0 Å². The third-order valence-electron chi connectivity index (χ3n) is 4.22. The first kappa shape index (κ1) is 10.9. The van der Waals surface area contributed by atoms with Crippen LogP contribution in [0.4, 0.5) is 0 Å². The molecule has 1 heteroatoms. The first-order valence-electron chi connectivity index (χ1n) is 5.94. The molecular formula is C14H22O. The topological polar surface area (TPSA) is 20.2 Å². The summed E-state index contributed by atoms with van der Waals surface area (Å²) in [6.45, 7) is 8.95. The molecule has 0 aromatic heterocycles. The molecule has 2 aliphatic carbocycles. The largest absolute Gasteiger partial charge is 0.392 e. The van der Waals surface area contributed by atoms with Crippen LogP contribution in [0.25, 0.3) is 0 Å².